The largest absolute Gasteiger partial charge is 0.495 e. The van der Waals surface area contributed by atoms with Gasteiger partial charge in [-0.1, -0.05) is 12.1 Å². The van der Waals surface area contributed by atoms with Gasteiger partial charge >= 0.3 is 0 Å². The second-order valence-corrected chi connectivity index (χ2v) is 6.18. The van der Waals surface area contributed by atoms with Gasteiger partial charge in [0.25, 0.3) is 5.69 Å². The van der Waals surface area contributed by atoms with E-state index in [1.807, 2.05) is 12.1 Å². The molecule has 0 bridgehead atoms. The Labute approximate surface area is 155 Å². The van der Waals surface area contributed by atoms with Crippen LogP contribution in [0.5, 0.6) is 5.75 Å². The van der Waals surface area contributed by atoms with Crippen LogP contribution in [0.2, 0.25) is 0 Å². The summed E-state index contributed by atoms with van der Waals surface area (Å²) in [5.41, 5.74) is 1.70. The fourth-order valence-electron chi connectivity index (χ4n) is 3.00. The highest BCUT2D eigenvalue weighted by Gasteiger charge is 2.21. The minimum Gasteiger partial charge on any atom is -0.495 e. The van der Waals surface area contributed by atoms with Crippen LogP contribution in [0.3, 0.4) is 0 Å². The molecule has 1 heterocycles. The second-order valence-electron chi connectivity index (χ2n) is 6.18. The zero-order chi connectivity index (χ0) is 19.4. The average molecular weight is 369 g/mol. The molecule has 8 heteroatoms. The van der Waals surface area contributed by atoms with Crippen LogP contribution in [0, 0.1) is 10.1 Å². The minimum absolute atomic E-state index is 0.0973. The number of amides is 2. The topological polar surface area (TPSA) is 102 Å². The predicted octanol–water partition coefficient (Wildman–Crippen LogP) is 2.91. The fraction of sp³-hybridized carbons (Fsp3) is 0.263. The molecule has 8 nitrogen and oxygen atoms in total. The molecule has 2 amide bonds. The standard InChI is InChI=1S/C19H19N3O5/c1-27-17-9-8-15(22(25)26)12-16(17)20-18(23)11-13-4-6-14(7-5-13)21-10-2-3-19(21)24/h4-9,12H,2-3,10-11H2,1H3,(H,20,23). The molecule has 1 N–H and O–H groups in total. The van der Waals surface area contributed by atoms with E-state index in [-0.39, 0.29) is 29.6 Å². The number of carbonyl (C=O) groups is 2. The number of methoxy groups -OCH3 is 1. The maximum absolute atomic E-state index is 12.3. The zero-order valence-corrected chi connectivity index (χ0v) is 14.8. The van der Waals surface area contributed by atoms with Crippen molar-refractivity contribution < 1.29 is 19.2 Å². The number of nitro benzene ring substituents is 1. The van der Waals surface area contributed by atoms with Gasteiger partial charge in [-0.05, 0) is 30.2 Å². The molecule has 0 radical (unpaired) electrons. The Kier molecular flexibility index (Phi) is 5.35. The molecule has 1 fully saturated rings. The number of non-ortho nitro benzene ring substituents is 1. The normalized spacial score (nSPS) is 13.5. The molecular weight excluding hydrogens is 350 g/mol. The lowest BCUT2D eigenvalue weighted by Crippen LogP contribution is -2.23. The summed E-state index contributed by atoms with van der Waals surface area (Å²) in [4.78, 5) is 36.2. The number of rotatable bonds is 6. The third-order valence-electron chi connectivity index (χ3n) is 4.35. The van der Waals surface area contributed by atoms with Crippen LogP contribution in [0.25, 0.3) is 0 Å². The minimum atomic E-state index is -0.534. The number of hydrogen-bond donors (Lipinski definition) is 1. The van der Waals surface area contributed by atoms with E-state index in [0.29, 0.717) is 18.7 Å². The van der Waals surface area contributed by atoms with E-state index in [1.165, 1.54) is 25.3 Å². The Hall–Kier alpha value is -3.42. The number of nitrogens with zero attached hydrogens (tertiary/aromatic N) is 2. The van der Waals surface area contributed by atoms with Crippen LogP contribution >= 0.6 is 0 Å². The number of nitrogens with one attached hydrogen (secondary N) is 1. The smallest absolute Gasteiger partial charge is 0.271 e. The number of ether oxygens (including phenoxy) is 1. The fourth-order valence-corrected chi connectivity index (χ4v) is 3.00. The Morgan fingerprint density at radius 3 is 2.59 bits per heavy atom. The summed E-state index contributed by atoms with van der Waals surface area (Å²) in [7, 11) is 1.43. The van der Waals surface area contributed by atoms with E-state index >= 15 is 0 Å². The number of anilines is 2. The van der Waals surface area contributed by atoms with E-state index < -0.39 is 4.92 Å². The molecule has 1 aliphatic heterocycles. The summed E-state index contributed by atoms with van der Waals surface area (Å²) in [5, 5.41) is 13.6. The van der Waals surface area contributed by atoms with Crippen molar-refractivity contribution in [1.82, 2.24) is 0 Å². The van der Waals surface area contributed by atoms with Crippen molar-refractivity contribution >= 4 is 28.9 Å². The maximum atomic E-state index is 12.3. The summed E-state index contributed by atoms with van der Waals surface area (Å²) < 4.78 is 5.14. The molecule has 140 valence electrons. The van der Waals surface area contributed by atoms with E-state index in [4.69, 9.17) is 4.74 Å². The van der Waals surface area contributed by atoms with Crippen molar-refractivity contribution in [3.05, 3.63) is 58.1 Å². The number of hydrogen-bond acceptors (Lipinski definition) is 5. The van der Waals surface area contributed by atoms with E-state index in [2.05, 4.69) is 5.32 Å². The van der Waals surface area contributed by atoms with Crippen LogP contribution in [0.1, 0.15) is 18.4 Å². The first-order chi connectivity index (χ1) is 13.0. The molecule has 0 atom stereocenters. The monoisotopic (exact) mass is 369 g/mol. The van der Waals surface area contributed by atoms with Crippen LogP contribution in [0.4, 0.5) is 17.1 Å². The van der Waals surface area contributed by atoms with Crippen LogP contribution in [0.15, 0.2) is 42.5 Å². The Balaban J connectivity index is 1.68. The van der Waals surface area contributed by atoms with Crippen molar-refractivity contribution in [2.24, 2.45) is 0 Å². The quantitative estimate of drug-likeness (QED) is 0.623. The van der Waals surface area contributed by atoms with Gasteiger partial charge in [-0.2, -0.15) is 0 Å². The lowest BCUT2D eigenvalue weighted by atomic mass is 10.1. The molecule has 1 saturated heterocycles. The number of nitro groups is 1. The molecule has 0 spiro atoms. The molecule has 27 heavy (non-hydrogen) atoms. The molecule has 1 aliphatic rings. The van der Waals surface area contributed by atoms with Crippen molar-refractivity contribution in [3.8, 4) is 5.75 Å². The summed E-state index contributed by atoms with van der Waals surface area (Å²) in [6.07, 6.45) is 1.52. The van der Waals surface area contributed by atoms with E-state index in [1.54, 1.807) is 17.0 Å². The zero-order valence-electron chi connectivity index (χ0n) is 14.8. The predicted molar refractivity (Wildman–Crippen MR) is 100 cm³/mol. The van der Waals surface area contributed by atoms with Gasteiger partial charge in [0.2, 0.25) is 11.8 Å². The van der Waals surface area contributed by atoms with Crippen molar-refractivity contribution in [3.63, 3.8) is 0 Å². The summed E-state index contributed by atoms with van der Waals surface area (Å²) in [6, 6.07) is 11.2. The van der Waals surface area contributed by atoms with Crippen LogP contribution in [-0.4, -0.2) is 30.4 Å². The van der Waals surface area contributed by atoms with Crippen LogP contribution in [-0.2, 0) is 16.0 Å². The molecule has 3 rings (SSSR count). The summed E-state index contributed by atoms with van der Waals surface area (Å²) in [5.74, 6) is 0.133. The molecular formula is C19H19N3O5. The van der Waals surface area contributed by atoms with Gasteiger partial charge in [0.05, 0.1) is 24.1 Å². The molecule has 2 aromatic carbocycles. The third kappa shape index (κ3) is 4.22. The summed E-state index contributed by atoms with van der Waals surface area (Å²) >= 11 is 0. The first kappa shape index (κ1) is 18.4. The molecule has 2 aromatic rings. The highest BCUT2D eigenvalue weighted by atomic mass is 16.6. The lowest BCUT2D eigenvalue weighted by molar-refractivity contribution is -0.384. The lowest BCUT2D eigenvalue weighted by Gasteiger charge is -2.16. The maximum Gasteiger partial charge on any atom is 0.271 e. The van der Waals surface area contributed by atoms with Crippen LogP contribution < -0.4 is 15.0 Å². The van der Waals surface area contributed by atoms with Crippen molar-refractivity contribution in [1.29, 1.82) is 0 Å². The number of carbonyl (C=O) groups excluding carboxylic acids is 2. The molecule has 0 aromatic heterocycles. The van der Waals surface area contributed by atoms with Gasteiger partial charge in [0.1, 0.15) is 5.75 Å². The molecule has 0 aliphatic carbocycles. The Morgan fingerprint density at radius 2 is 2.00 bits per heavy atom. The third-order valence-corrected chi connectivity index (χ3v) is 4.35. The van der Waals surface area contributed by atoms with Gasteiger partial charge in [-0.25, -0.2) is 0 Å². The SMILES string of the molecule is COc1ccc([N+](=O)[O-])cc1NC(=O)Cc1ccc(N2CCCC2=O)cc1. The number of benzene rings is 2. The highest BCUT2D eigenvalue weighted by Crippen LogP contribution is 2.29. The summed E-state index contributed by atoms with van der Waals surface area (Å²) in [6.45, 7) is 0.714. The van der Waals surface area contributed by atoms with Crippen molar-refractivity contribution in [2.45, 2.75) is 19.3 Å². The van der Waals surface area contributed by atoms with E-state index in [0.717, 1.165) is 17.7 Å². The van der Waals surface area contributed by atoms with Gasteiger partial charge in [0.15, 0.2) is 0 Å². The highest BCUT2D eigenvalue weighted by molar-refractivity contribution is 5.96. The van der Waals surface area contributed by atoms with E-state index in [9.17, 15) is 19.7 Å². The first-order valence-electron chi connectivity index (χ1n) is 8.49. The first-order valence-corrected chi connectivity index (χ1v) is 8.49. The van der Waals surface area contributed by atoms with Gasteiger partial charge in [-0.15, -0.1) is 0 Å². The van der Waals surface area contributed by atoms with Gasteiger partial charge in [0, 0.05) is 30.8 Å². The Bertz CT molecular complexity index is 879. The molecule has 0 unspecified atom stereocenters. The average Bonchev–Trinajstić information content (AvgIpc) is 3.08. The second kappa shape index (κ2) is 7.86. The molecule has 0 saturated carbocycles. The van der Waals surface area contributed by atoms with Gasteiger partial charge < -0.3 is 15.0 Å². The Morgan fingerprint density at radius 1 is 1.26 bits per heavy atom. The van der Waals surface area contributed by atoms with Gasteiger partial charge in [-0.3, -0.25) is 19.7 Å². The van der Waals surface area contributed by atoms with Crippen molar-refractivity contribution in [2.75, 3.05) is 23.9 Å².